The predicted molar refractivity (Wildman–Crippen MR) is 105 cm³/mol. The van der Waals surface area contributed by atoms with E-state index in [-0.39, 0.29) is 0 Å². The molecule has 0 radical (unpaired) electrons. The number of rotatable bonds is 5. The van der Waals surface area contributed by atoms with E-state index < -0.39 is 0 Å². The molecular formula is C19H19N5S. The third-order valence-electron chi connectivity index (χ3n) is 3.60. The maximum Gasteiger partial charge on any atom is 0.180 e. The smallest absolute Gasteiger partial charge is 0.180 e. The van der Waals surface area contributed by atoms with Crippen LogP contribution >= 0.6 is 11.8 Å². The second-order valence-corrected chi connectivity index (χ2v) is 6.44. The van der Waals surface area contributed by atoms with Gasteiger partial charge in [0.1, 0.15) is 0 Å². The first kappa shape index (κ1) is 17.0. The Kier molecular flexibility index (Phi) is 5.64. The summed E-state index contributed by atoms with van der Waals surface area (Å²) in [6, 6.07) is 18.1. The van der Waals surface area contributed by atoms with Crippen LogP contribution in [0.25, 0.3) is 5.69 Å². The molecule has 25 heavy (non-hydrogen) atoms. The second kappa shape index (κ2) is 8.30. The molecular weight excluding hydrogens is 330 g/mol. The Hall–Kier alpha value is -2.86. The summed E-state index contributed by atoms with van der Waals surface area (Å²) in [5, 5.41) is 12.8. The lowest BCUT2D eigenvalue weighted by molar-refractivity contribution is 0.879. The molecule has 0 atom stereocenters. The van der Waals surface area contributed by atoms with Crippen molar-refractivity contribution >= 4 is 23.1 Å². The number of aryl methyl sites for hydroxylation is 1. The van der Waals surface area contributed by atoms with Crippen LogP contribution < -0.4 is 5.73 Å². The molecule has 1 heterocycles. The maximum absolute atomic E-state index is 5.90. The summed E-state index contributed by atoms with van der Waals surface area (Å²) in [6.45, 7) is 2.03. The van der Waals surface area contributed by atoms with Crippen molar-refractivity contribution in [3.05, 3.63) is 83.7 Å². The van der Waals surface area contributed by atoms with Crippen molar-refractivity contribution in [2.24, 2.45) is 15.9 Å². The number of nitrogens with two attached hydrogens (primary N) is 1. The largest absolute Gasteiger partial charge is 0.377 e. The van der Waals surface area contributed by atoms with Crippen molar-refractivity contribution in [3.8, 4) is 5.69 Å². The summed E-state index contributed by atoms with van der Waals surface area (Å²) in [7, 11) is 0. The van der Waals surface area contributed by atoms with Gasteiger partial charge in [0.25, 0.3) is 0 Å². The topological polar surface area (TPSA) is 68.6 Å². The van der Waals surface area contributed by atoms with E-state index in [9.17, 15) is 0 Å². The van der Waals surface area contributed by atoms with Gasteiger partial charge in [0.2, 0.25) is 0 Å². The van der Waals surface area contributed by atoms with E-state index in [1.807, 2.05) is 54.2 Å². The minimum absolute atomic E-state index is 0.450. The van der Waals surface area contributed by atoms with E-state index in [4.69, 9.17) is 5.73 Å². The summed E-state index contributed by atoms with van der Waals surface area (Å²) >= 11 is 1.47. The highest BCUT2D eigenvalue weighted by atomic mass is 32.2. The zero-order chi connectivity index (χ0) is 17.5. The third-order valence-corrected chi connectivity index (χ3v) is 4.46. The molecule has 3 aromatic rings. The van der Waals surface area contributed by atoms with E-state index in [0.717, 1.165) is 22.6 Å². The fraction of sp³-hybridized carbons (Fsp3) is 0.105. The van der Waals surface area contributed by atoms with E-state index in [1.54, 1.807) is 12.4 Å². The van der Waals surface area contributed by atoms with Gasteiger partial charge in [-0.3, -0.25) is 0 Å². The van der Waals surface area contributed by atoms with Crippen molar-refractivity contribution in [1.82, 2.24) is 9.78 Å². The molecule has 6 heteroatoms. The number of thioether (sulfide) groups is 1. The van der Waals surface area contributed by atoms with E-state index >= 15 is 0 Å². The van der Waals surface area contributed by atoms with Crippen LogP contribution in [0.2, 0.25) is 0 Å². The lowest BCUT2D eigenvalue weighted by atomic mass is 10.1. The van der Waals surface area contributed by atoms with Crippen molar-refractivity contribution in [1.29, 1.82) is 0 Å². The number of amidine groups is 1. The Labute approximate surface area is 151 Å². The van der Waals surface area contributed by atoms with Crippen molar-refractivity contribution in [2.75, 3.05) is 0 Å². The lowest BCUT2D eigenvalue weighted by Gasteiger charge is -2.05. The Bertz CT molecular complexity index is 870. The molecule has 0 aliphatic carbocycles. The quantitative estimate of drug-likeness (QED) is 0.433. The Morgan fingerprint density at radius 2 is 2.04 bits per heavy atom. The molecule has 0 unspecified atom stereocenters. The molecule has 0 amide bonds. The van der Waals surface area contributed by atoms with Crippen LogP contribution in [0.5, 0.6) is 0 Å². The van der Waals surface area contributed by atoms with Gasteiger partial charge in [-0.2, -0.15) is 10.2 Å². The monoisotopic (exact) mass is 349 g/mol. The Morgan fingerprint density at radius 3 is 2.76 bits per heavy atom. The van der Waals surface area contributed by atoms with E-state index in [2.05, 4.69) is 33.5 Å². The Morgan fingerprint density at radius 1 is 1.20 bits per heavy atom. The zero-order valence-electron chi connectivity index (χ0n) is 13.9. The molecule has 126 valence electrons. The van der Waals surface area contributed by atoms with E-state index in [1.165, 1.54) is 17.3 Å². The predicted octanol–water partition coefficient (Wildman–Crippen LogP) is 3.76. The second-order valence-electron chi connectivity index (χ2n) is 5.45. The summed E-state index contributed by atoms with van der Waals surface area (Å²) < 4.78 is 1.82. The molecule has 1 aromatic heterocycles. The molecule has 0 aliphatic heterocycles. The Balaban J connectivity index is 1.61. The maximum atomic E-state index is 5.90. The summed E-state index contributed by atoms with van der Waals surface area (Å²) in [5.41, 5.74) is 10.2. The fourth-order valence-corrected chi connectivity index (χ4v) is 2.89. The standard InChI is InChI=1S/C19H19N5S/c1-15-12-18(24-11-5-10-22-24)9-8-17(15)13-21-23-19(20)25-14-16-6-3-2-4-7-16/h2-13H,14H2,1H3,(H2,20,23). The molecule has 0 saturated carbocycles. The highest BCUT2D eigenvalue weighted by molar-refractivity contribution is 8.13. The molecule has 2 aromatic carbocycles. The van der Waals surface area contributed by atoms with Crippen LogP contribution in [-0.2, 0) is 5.75 Å². The molecule has 2 N–H and O–H groups in total. The first-order valence-electron chi connectivity index (χ1n) is 7.86. The van der Waals surface area contributed by atoms with Crippen LogP contribution in [-0.4, -0.2) is 21.2 Å². The zero-order valence-corrected chi connectivity index (χ0v) is 14.7. The van der Waals surface area contributed by atoms with Gasteiger partial charge in [-0.05, 0) is 41.8 Å². The van der Waals surface area contributed by atoms with Crippen LogP contribution in [0.15, 0.2) is 77.2 Å². The van der Waals surface area contributed by atoms with Gasteiger partial charge in [0.05, 0.1) is 11.9 Å². The molecule has 0 saturated heterocycles. The third kappa shape index (κ3) is 4.81. The summed E-state index contributed by atoms with van der Waals surface area (Å²) in [5.74, 6) is 0.781. The normalized spacial score (nSPS) is 12.0. The van der Waals surface area contributed by atoms with Gasteiger partial charge in [0.15, 0.2) is 5.17 Å². The summed E-state index contributed by atoms with van der Waals surface area (Å²) in [4.78, 5) is 0. The molecule has 3 rings (SSSR count). The fourth-order valence-electron chi connectivity index (χ4n) is 2.28. The number of nitrogens with zero attached hydrogens (tertiary/aromatic N) is 4. The molecule has 0 fully saturated rings. The van der Waals surface area contributed by atoms with Crippen LogP contribution in [0, 0.1) is 6.92 Å². The lowest BCUT2D eigenvalue weighted by Crippen LogP contribution is -2.06. The number of aromatic nitrogens is 2. The highest BCUT2D eigenvalue weighted by Crippen LogP contribution is 2.14. The van der Waals surface area contributed by atoms with Crippen molar-refractivity contribution in [2.45, 2.75) is 12.7 Å². The molecule has 5 nitrogen and oxygen atoms in total. The molecule has 0 spiro atoms. The summed E-state index contributed by atoms with van der Waals surface area (Å²) in [6.07, 6.45) is 5.39. The van der Waals surface area contributed by atoms with Crippen molar-refractivity contribution in [3.63, 3.8) is 0 Å². The van der Waals surface area contributed by atoms with Gasteiger partial charge in [-0.25, -0.2) is 4.68 Å². The van der Waals surface area contributed by atoms with Gasteiger partial charge in [-0.1, -0.05) is 48.2 Å². The number of hydrogen-bond acceptors (Lipinski definition) is 4. The average Bonchev–Trinajstić information content (AvgIpc) is 3.17. The van der Waals surface area contributed by atoms with Crippen LogP contribution in [0.1, 0.15) is 16.7 Å². The molecule has 0 bridgehead atoms. The van der Waals surface area contributed by atoms with Gasteiger partial charge in [0, 0.05) is 18.1 Å². The first-order chi connectivity index (χ1) is 12.2. The highest BCUT2D eigenvalue weighted by Gasteiger charge is 2.00. The minimum Gasteiger partial charge on any atom is -0.377 e. The van der Waals surface area contributed by atoms with Crippen molar-refractivity contribution < 1.29 is 0 Å². The van der Waals surface area contributed by atoms with Gasteiger partial charge in [-0.15, -0.1) is 5.10 Å². The number of hydrogen-bond donors (Lipinski definition) is 1. The van der Waals surface area contributed by atoms with Gasteiger partial charge >= 0.3 is 0 Å². The van der Waals surface area contributed by atoms with Crippen LogP contribution in [0.4, 0.5) is 0 Å². The number of benzene rings is 2. The van der Waals surface area contributed by atoms with E-state index in [0.29, 0.717) is 5.17 Å². The molecule has 0 aliphatic rings. The average molecular weight is 349 g/mol. The SMILES string of the molecule is Cc1cc(-n2cccn2)ccc1C=NN=C(N)SCc1ccccc1. The van der Waals surface area contributed by atoms with Crippen LogP contribution in [0.3, 0.4) is 0 Å². The minimum atomic E-state index is 0.450. The van der Waals surface area contributed by atoms with Gasteiger partial charge < -0.3 is 5.73 Å². The first-order valence-corrected chi connectivity index (χ1v) is 8.85.